The van der Waals surface area contributed by atoms with Gasteiger partial charge in [0.2, 0.25) is 0 Å². The number of hydrogen-bond acceptors (Lipinski definition) is 4. The van der Waals surface area contributed by atoms with E-state index in [1.54, 1.807) is 6.07 Å². The number of aromatic nitrogens is 2. The number of nitrogens with zero attached hydrogens (tertiary/aromatic N) is 4. The van der Waals surface area contributed by atoms with Crippen LogP contribution in [0.25, 0.3) is 77.3 Å². The van der Waals surface area contributed by atoms with Crippen molar-refractivity contribution >= 4 is 32.4 Å². The average molecular weight is 585 g/mol. The molecule has 4 heteroatoms. The van der Waals surface area contributed by atoms with E-state index in [-0.39, 0.29) is 0 Å². The van der Waals surface area contributed by atoms with Gasteiger partial charge in [0.05, 0.1) is 34.5 Å². The van der Waals surface area contributed by atoms with E-state index in [1.165, 1.54) is 10.8 Å². The Hall–Kier alpha value is -6.62. The van der Waals surface area contributed by atoms with E-state index in [0.29, 0.717) is 17.0 Å². The Labute approximate surface area is 266 Å². The van der Waals surface area contributed by atoms with Gasteiger partial charge in [-0.25, -0.2) is 9.97 Å². The molecule has 0 atom stereocenters. The molecule has 1 aromatic heterocycles. The van der Waals surface area contributed by atoms with Crippen molar-refractivity contribution in [3.63, 3.8) is 0 Å². The number of nitriles is 2. The van der Waals surface area contributed by atoms with Crippen LogP contribution < -0.4 is 0 Å². The fraction of sp³-hybridized carbons (Fsp3) is 0. The quantitative estimate of drug-likeness (QED) is 0.206. The number of fused-ring (bicyclic) bond motifs is 3. The van der Waals surface area contributed by atoms with Gasteiger partial charge in [0, 0.05) is 16.5 Å². The third kappa shape index (κ3) is 4.72. The van der Waals surface area contributed by atoms with Crippen molar-refractivity contribution in [2.24, 2.45) is 0 Å². The maximum Gasteiger partial charge on any atom is 0.161 e. The van der Waals surface area contributed by atoms with Crippen molar-refractivity contribution in [3.05, 3.63) is 157 Å². The second-order valence-electron chi connectivity index (χ2n) is 11.3. The van der Waals surface area contributed by atoms with Gasteiger partial charge in [0.15, 0.2) is 5.82 Å². The summed E-state index contributed by atoms with van der Waals surface area (Å²) in [5, 5.41) is 24.4. The molecule has 7 aromatic carbocycles. The zero-order valence-electron chi connectivity index (χ0n) is 24.6. The second kappa shape index (κ2) is 11.1. The lowest BCUT2D eigenvalue weighted by Crippen LogP contribution is -1.96. The molecule has 46 heavy (non-hydrogen) atoms. The molecule has 0 amide bonds. The van der Waals surface area contributed by atoms with Crippen LogP contribution in [0, 0.1) is 22.7 Å². The molecule has 0 spiro atoms. The standard InChI is InChI=1S/C42H24N4/c43-25-27-21-28(26-44)23-34(22-27)30-13-16-31(17-14-30)35-19-20-38(37-10-4-3-9-36(35)37)42-45-40-12-6-5-11-39(40)41(46-42)33-18-15-29-7-1-2-8-32(29)24-33/h1-24H. The Morgan fingerprint density at radius 1 is 0.413 bits per heavy atom. The molecule has 8 aromatic rings. The summed E-state index contributed by atoms with van der Waals surface area (Å²) in [7, 11) is 0. The van der Waals surface area contributed by atoms with Crippen LogP contribution in [0.1, 0.15) is 11.1 Å². The Balaban J connectivity index is 1.25. The Morgan fingerprint density at radius 3 is 1.74 bits per heavy atom. The molecule has 0 aliphatic rings. The molecule has 0 unspecified atom stereocenters. The first-order valence-corrected chi connectivity index (χ1v) is 15.0. The van der Waals surface area contributed by atoms with Gasteiger partial charge >= 0.3 is 0 Å². The molecular formula is C42H24N4. The third-order valence-electron chi connectivity index (χ3n) is 8.51. The molecule has 8 rings (SSSR count). The van der Waals surface area contributed by atoms with E-state index < -0.39 is 0 Å². The molecule has 0 N–H and O–H groups in total. The topological polar surface area (TPSA) is 73.4 Å². The highest BCUT2D eigenvalue weighted by atomic mass is 14.9. The van der Waals surface area contributed by atoms with Crippen molar-refractivity contribution in [3.8, 4) is 57.0 Å². The average Bonchev–Trinajstić information content (AvgIpc) is 3.13. The summed E-state index contributed by atoms with van der Waals surface area (Å²) in [6, 6.07) is 53.5. The first-order chi connectivity index (χ1) is 22.7. The monoisotopic (exact) mass is 584 g/mol. The van der Waals surface area contributed by atoms with Crippen LogP contribution in [0.5, 0.6) is 0 Å². The molecule has 0 aliphatic carbocycles. The lowest BCUT2D eigenvalue weighted by molar-refractivity contribution is 1.23. The molecule has 212 valence electrons. The van der Waals surface area contributed by atoms with Crippen LogP contribution in [-0.4, -0.2) is 9.97 Å². The van der Waals surface area contributed by atoms with Crippen molar-refractivity contribution in [1.29, 1.82) is 10.5 Å². The molecular weight excluding hydrogens is 560 g/mol. The predicted octanol–water partition coefficient (Wildman–Crippen LogP) is 10.3. The van der Waals surface area contributed by atoms with Gasteiger partial charge in [-0.05, 0) is 80.2 Å². The molecule has 0 aliphatic heterocycles. The summed E-state index contributed by atoms with van der Waals surface area (Å²) in [5.74, 6) is 0.686. The summed E-state index contributed by atoms with van der Waals surface area (Å²) in [6.45, 7) is 0. The Morgan fingerprint density at radius 2 is 1.00 bits per heavy atom. The van der Waals surface area contributed by atoms with Crippen LogP contribution in [0.2, 0.25) is 0 Å². The largest absolute Gasteiger partial charge is 0.228 e. The predicted molar refractivity (Wildman–Crippen MR) is 186 cm³/mol. The summed E-state index contributed by atoms with van der Waals surface area (Å²) in [6.07, 6.45) is 0. The van der Waals surface area contributed by atoms with Crippen molar-refractivity contribution in [1.82, 2.24) is 9.97 Å². The number of para-hydroxylation sites is 1. The van der Waals surface area contributed by atoms with E-state index in [4.69, 9.17) is 9.97 Å². The minimum Gasteiger partial charge on any atom is -0.228 e. The van der Waals surface area contributed by atoms with Gasteiger partial charge in [-0.3, -0.25) is 0 Å². The third-order valence-corrected chi connectivity index (χ3v) is 8.51. The highest BCUT2D eigenvalue weighted by Crippen LogP contribution is 2.37. The van der Waals surface area contributed by atoms with Crippen LogP contribution >= 0.6 is 0 Å². The molecule has 0 saturated heterocycles. The molecule has 1 heterocycles. The SMILES string of the molecule is N#Cc1cc(C#N)cc(-c2ccc(-c3ccc(-c4nc(-c5ccc6ccccc6c5)c5ccccc5n4)c4ccccc34)cc2)c1. The zero-order chi connectivity index (χ0) is 31.0. The first-order valence-electron chi connectivity index (χ1n) is 15.0. The van der Waals surface area contributed by atoms with E-state index in [9.17, 15) is 10.5 Å². The van der Waals surface area contributed by atoms with Crippen LogP contribution in [0.4, 0.5) is 0 Å². The van der Waals surface area contributed by atoms with Crippen molar-refractivity contribution in [2.45, 2.75) is 0 Å². The fourth-order valence-electron chi connectivity index (χ4n) is 6.27. The highest BCUT2D eigenvalue weighted by molar-refractivity contribution is 6.05. The smallest absolute Gasteiger partial charge is 0.161 e. The fourth-order valence-corrected chi connectivity index (χ4v) is 6.27. The van der Waals surface area contributed by atoms with Gasteiger partial charge < -0.3 is 0 Å². The van der Waals surface area contributed by atoms with Gasteiger partial charge in [0.25, 0.3) is 0 Å². The lowest BCUT2D eigenvalue weighted by atomic mass is 9.93. The lowest BCUT2D eigenvalue weighted by Gasteiger charge is -2.14. The Bertz CT molecular complexity index is 2520. The molecule has 0 radical (unpaired) electrons. The minimum atomic E-state index is 0.472. The first kappa shape index (κ1) is 27.0. The summed E-state index contributed by atoms with van der Waals surface area (Å²) >= 11 is 0. The van der Waals surface area contributed by atoms with Crippen LogP contribution in [-0.2, 0) is 0 Å². The summed E-state index contributed by atoms with van der Waals surface area (Å²) in [4.78, 5) is 10.3. The second-order valence-corrected chi connectivity index (χ2v) is 11.3. The highest BCUT2D eigenvalue weighted by Gasteiger charge is 2.16. The maximum absolute atomic E-state index is 9.42. The normalized spacial score (nSPS) is 11.0. The van der Waals surface area contributed by atoms with Gasteiger partial charge in [-0.2, -0.15) is 10.5 Å². The Kier molecular flexibility index (Phi) is 6.53. The zero-order valence-corrected chi connectivity index (χ0v) is 24.6. The van der Waals surface area contributed by atoms with Crippen molar-refractivity contribution in [2.75, 3.05) is 0 Å². The van der Waals surface area contributed by atoms with Gasteiger partial charge in [-0.1, -0.05) is 109 Å². The minimum absolute atomic E-state index is 0.472. The van der Waals surface area contributed by atoms with E-state index >= 15 is 0 Å². The van der Waals surface area contributed by atoms with Gasteiger partial charge in [0.1, 0.15) is 0 Å². The van der Waals surface area contributed by atoms with E-state index in [0.717, 1.165) is 60.8 Å². The summed E-state index contributed by atoms with van der Waals surface area (Å²) < 4.78 is 0. The summed E-state index contributed by atoms with van der Waals surface area (Å²) in [5.41, 5.74) is 8.75. The van der Waals surface area contributed by atoms with Crippen LogP contribution in [0.3, 0.4) is 0 Å². The molecule has 4 nitrogen and oxygen atoms in total. The molecule has 0 fully saturated rings. The number of hydrogen-bond donors (Lipinski definition) is 0. The number of rotatable bonds is 4. The van der Waals surface area contributed by atoms with Crippen LogP contribution in [0.15, 0.2) is 146 Å². The van der Waals surface area contributed by atoms with Gasteiger partial charge in [-0.15, -0.1) is 0 Å². The van der Waals surface area contributed by atoms with Crippen molar-refractivity contribution < 1.29 is 0 Å². The molecule has 0 saturated carbocycles. The molecule has 0 bridgehead atoms. The van der Waals surface area contributed by atoms with E-state index in [2.05, 4.69) is 115 Å². The van der Waals surface area contributed by atoms with E-state index in [1.807, 2.05) is 36.4 Å². The number of benzene rings is 7. The maximum atomic E-state index is 9.42.